The molecule has 16 nitrogen and oxygen atoms in total. The van der Waals surface area contributed by atoms with Crippen LogP contribution in [0.2, 0.25) is 0 Å². The largest absolute Gasteiger partial charge is 0.506 e. The summed E-state index contributed by atoms with van der Waals surface area (Å²) in [6.45, 7) is 11.9. The molecule has 0 bridgehead atoms. The maximum Gasteiger partial charge on any atom is 0.276 e. The number of ether oxygens (including phenoxy) is 2. The zero-order valence-electron chi connectivity index (χ0n) is 41.8. The molecule has 4 aromatic rings. The molecule has 19 heteroatoms. The Bertz CT molecular complexity index is 2700. The fourth-order valence-corrected chi connectivity index (χ4v) is 11.6. The number of amides is 2. The van der Waals surface area contributed by atoms with Gasteiger partial charge in [-0.15, -0.1) is 0 Å². The number of Topliss-reactive ketones (excluding diaryl/α,β-unsaturated/α-hetero) is 1. The molecular weight excluding hydrogens is 1140 g/mol. The number of nitrogens with one attached hydrogen (secondary N) is 3. The molecule has 4 aromatic carbocycles. The van der Waals surface area contributed by atoms with Gasteiger partial charge < -0.3 is 35.4 Å². The van der Waals surface area contributed by atoms with Crippen molar-refractivity contribution in [2.24, 2.45) is 15.3 Å². The summed E-state index contributed by atoms with van der Waals surface area (Å²) in [4.78, 5) is 43.9. The number of benzene rings is 4. The van der Waals surface area contributed by atoms with Crippen molar-refractivity contribution in [2.45, 2.75) is 52.4 Å². The van der Waals surface area contributed by atoms with Crippen molar-refractivity contribution in [3.8, 4) is 0 Å². The average Bonchev–Trinajstić information content (AvgIpc) is 4.19. The van der Waals surface area contributed by atoms with E-state index >= 15 is 0 Å². The van der Waals surface area contributed by atoms with Gasteiger partial charge >= 0.3 is 0 Å². The lowest BCUT2D eigenvalue weighted by Gasteiger charge is -2.28. The van der Waals surface area contributed by atoms with Crippen LogP contribution in [0.15, 0.2) is 124 Å². The van der Waals surface area contributed by atoms with Crippen molar-refractivity contribution in [3.05, 3.63) is 131 Å². The van der Waals surface area contributed by atoms with E-state index in [0.717, 1.165) is 66.0 Å². The molecule has 390 valence electrons. The molecule has 1 aliphatic carbocycles. The van der Waals surface area contributed by atoms with Crippen LogP contribution in [0.5, 0.6) is 0 Å². The number of hydrogen-bond donors (Lipinski definition) is 4. The number of rotatable bonds is 25. The summed E-state index contributed by atoms with van der Waals surface area (Å²) in [5.41, 5.74) is 6.03. The fourth-order valence-electron chi connectivity index (χ4n) is 8.95. The van der Waals surface area contributed by atoms with E-state index in [4.69, 9.17) is 9.47 Å². The van der Waals surface area contributed by atoms with E-state index in [0.29, 0.717) is 90.6 Å². The summed E-state index contributed by atoms with van der Waals surface area (Å²) in [6, 6.07) is 25.2. The van der Waals surface area contributed by atoms with Crippen LogP contribution in [-0.4, -0.2) is 141 Å². The lowest BCUT2D eigenvalue weighted by Crippen LogP contribution is -2.32. The SMILES string of the molecule is CCCCN1N=C(C)/C(=C2\C(=O)C(c3ccc(N(CCOCCNc4ccc(/C=N/N5CCCC5)cc4)CCOCCNc4ccc(/C=N/N5CCCC5)cc4)cc3NC(=O)c3c(Br)cc(Br)cc3Br)=C2O)C1=O. The lowest BCUT2D eigenvalue weighted by molar-refractivity contribution is -0.126. The van der Waals surface area contributed by atoms with Crippen LogP contribution in [0.1, 0.15) is 79.4 Å². The minimum Gasteiger partial charge on any atom is -0.506 e. The maximum absolute atomic E-state index is 14.2. The highest BCUT2D eigenvalue weighted by atomic mass is 79.9. The quantitative estimate of drug-likeness (QED) is 0.0282. The second-order valence-electron chi connectivity index (χ2n) is 18.3. The highest BCUT2D eigenvalue weighted by Crippen LogP contribution is 2.43. The van der Waals surface area contributed by atoms with Crippen molar-refractivity contribution in [3.63, 3.8) is 0 Å². The first-order valence-electron chi connectivity index (χ1n) is 25.3. The number of carbonyl (C=O) groups excluding carboxylic acids is 3. The van der Waals surface area contributed by atoms with Crippen molar-refractivity contribution in [2.75, 3.05) is 106 Å². The number of allylic oxidation sites excluding steroid dienone is 2. The van der Waals surface area contributed by atoms with Gasteiger partial charge in [-0.25, -0.2) is 5.01 Å². The van der Waals surface area contributed by atoms with Gasteiger partial charge in [-0.2, -0.15) is 15.3 Å². The summed E-state index contributed by atoms with van der Waals surface area (Å²) >= 11 is 10.6. The van der Waals surface area contributed by atoms with Crippen LogP contribution in [-0.2, 0) is 19.1 Å². The third-order valence-electron chi connectivity index (χ3n) is 13.0. The van der Waals surface area contributed by atoms with E-state index in [1.54, 1.807) is 31.2 Å². The van der Waals surface area contributed by atoms with Crippen LogP contribution >= 0.6 is 47.8 Å². The number of aliphatic hydroxyl groups excluding tert-OH is 1. The van der Waals surface area contributed by atoms with E-state index < -0.39 is 17.6 Å². The lowest BCUT2D eigenvalue weighted by atomic mass is 9.79. The number of aliphatic hydroxyl groups is 1. The zero-order valence-corrected chi connectivity index (χ0v) is 46.6. The molecule has 0 unspecified atom stereocenters. The smallest absolute Gasteiger partial charge is 0.276 e. The second-order valence-corrected chi connectivity index (χ2v) is 20.9. The number of hydrogen-bond acceptors (Lipinski definition) is 14. The minimum absolute atomic E-state index is 0.0104. The predicted molar refractivity (Wildman–Crippen MR) is 306 cm³/mol. The molecule has 0 aromatic heterocycles. The normalized spacial score (nSPS) is 16.8. The van der Waals surface area contributed by atoms with Gasteiger partial charge in [0.15, 0.2) is 0 Å². The third kappa shape index (κ3) is 14.1. The second kappa shape index (κ2) is 26.6. The summed E-state index contributed by atoms with van der Waals surface area (Å²) in [5, 5.41) is 40.7. The van der Waals surface area contributed by atoms with Crippen LogP contribution in [0, 0.1) is 0 Å². The fraction of sp³-hybridized carbons (Fsp3) is 0.382. The Labute approximate surface area is 458 Å². The van der Waals surface area contributed by atoms with Gasteiger partial charge in [0.2, 0.25) is 5.78 Å². The maximum atomic E-state index is 14.2. The van der Waals surface area contributed by atoms with Gasteiger partial charge in [-0.3, -0.25) is 24.4 Å². The Morgan fingerprint density at radius 2 is 1.28 bits per heavy atom. The van der Waals surface area contributed by atoms with Crippen molar-refractivity contribution in [1.82, 2.24) is 15.0 Å². The molecule has 2 saturated heterocycles. The molecule has 4 aliphatic rings. The van der Waals surface area contributed by atoms with E-state index in [2.05, 4.69) is 94.0 Å². The summed E-state index contributed by atoms with van der Waals surface area (Å²) in [7, 11) is 0. The highest BCUT2D eigenvalue weighted by molar-refractivity contribution is 9.11. The summed E-state index contributed by atoms with van der Waals surface area (Å²) in [5.74, 6) is -1.73. The number of halogens is 3. The van der Waals surface area contributed by atoms with Crippen molar-refractivity contribution >= 4 is 112 Å². The Morgan fingerprint density at radius 3 is 1.80 bits per heavy atom. The standard InChI is InChI=1S/C55H63Br3N10O6/c1-3-4-25-68-55(72)48(37(2)64-68)51-52(69)49(53(51)70)44-18-17-43(34-47(44)63-54(71)50-45(57)32-40(56)33-46(50)58)65(26-30-73-28-19-59-41-13-9-38(10-14-41)35-61-66-21-5-6-22-66)27-31-74-29-20-60-42-15-11-39(12-16-42)36-62-67-23-7-8-24-67/h9-18,32-36,59-60,69H,3-8,19-31H2,1-2H3,(H,63,71)/b51-48+,61-35+,62-36+. The Hall–Kier alpha value is -5.86. The first-order chi connectivity index (χ1) is 36.0. The molecule has 0 spiro atoms. The first-order valence-corrected chi connectivity index (χ1v) is 27.7. The van der Waals surface area contributed by atoms with Gasteiger partial charge in [-0.05, 0) is 137 Å². The van der Waals surface area contributed by atoms with E-state index in [1.165, 1.54) is 30.7 Å². The monoisotopic (exact) mass is 1200 g/mol. The molecule has 2 amide bonds. The van der Waals surface area contributed by atoms with Crippen LogP contribution in [0.4, 0.5) is 22.7 Å². The number of ketones is 1. The van der Waals surface area contributed by atoms with Gasteiger partial charge in [0.25, 0.3) is 11.8 Å². The molecule has 74 heavy (non-hydrogen) atoms. The minimum atomic E-state index is -0.516. The molecule has 3 heterocycles. The Kier molecular flexibility index (Phi) is 19.5. The van der Waals surface area contributed by atoms with Crippen LogP contribution in [0.3, 0.4) is 0 Å². The van der Waals surface area contributed by atoms with Gasteiger partial charge in [0.1, 0.15) is 5.76 Å². The molecule has 8 rings (SSSR count). The van der Waals surface area contributed by atoms with Crippen molar-refractivity contribution < 1.29 is 29.0 Å². The van der Waals surface area contributed by atoms with Gasteiger partial charge in [0.05, 0.1) is 72.5 Å². The molecule has 0 saturated carbocycles. The average molecular weight is 1200 g/mol. The molecule has 3 aliphatic heterocycles. The number of anilines is 4. The number of unbranched alkanes of at least 4 members (excludes halogenated alkanes) is 1. The van der Waals surface area contributed by atoms with Gasteiger partial charge in [-0.1, -0.05) is 53.5 Å². The number of carbonyl (C=O) groups is 3. The van der Waals surface area contributed by atoms with Crippen molar-refractivity contribution in [1.29, 1.82) is 0 Å². The zero-order chi connectivity index (χ0) is 52.0. The molecule has 4 N–H and O–H groups in total. The van der Waals surface area contributed by atoms with E-state index in [1.807, 2.05) is 74.0 Å². The first kappa shape index (κ1) is 54.4. The molecule has 0 radical (unpaired) electrons. The Balaban J connectivity index is 0.972. The molecular formula is C55H63Br3N10O6. The van der Waals surface area contributed by atoms with Crippen LogP contribution in [0.25, 0.3) is 5.57 Å². The van der Waals surface area contributed by atoms with E-state index in [-0.39, 0.29) is 28.2 Å². The third-order valence-corrected chi connectivity index (χ3v) is 14.7. The number of hydrazone groups is 3. The number of nitrogens with zero attached hydrogens (tertiary/aromatic N) is 7. The topological polar surface area (TPSA) is 176 Å². The van der Waals surface area contributed by atoms with E-state index in [9.17, 15) is 19.5 Å². The summed E-state index contributed by atoms with van der Waals surface area (Å²) < 4.78 is 14.2. The molecule has 2 fully saturated rings. The highest BCUT2D eigenvalue weighted by Gasteiger charge is 2.43. The Morgan fingerprint density at radius 1 is 0.743 bits per heavy atom. The van der Waals surface area contributed by atoms with Gasteiger partial charge in [0, 0.05) is 94.9 Å². The summed E-state index contributed by atoms with van der Waals surface area (Å²) in [6.07, 6.45) is 10.2. The molecule has 0 atom stereocenters. The predicted octanol–water partition coefficient (Wildman–Crippen LogP) is 10.3. The van der Waals surface area contributed by atoms with Crippen LogP contribution < -0.4 is 20.9 Å².